The van der Waals surface area contributed by atoms with Gasteiger partial charge in [0, 0.05) is 13.0 Å². The van der Waals surface area contributed by atoms with Crippen LogP contribution in [0.1, 0.15) is 42.9 Å². The van der Waals surface area contributed by atoms with E-state index in [-0.39, 0.29) is 11.9 Å². The normalized spacial score (nSPS) is 15.4. The van der Waals surface area contributed by atoms with E-state index in [0.717, 1.165) is 25.3 Å². The molecule has 2 aromatic carbocycles. The van der Waals surface area contributed by atoms with E-state index >= 15 is 0 Å². The van der Waals surface area contributed by atoms with Crippen molar-refractivity contribution in [1.82, 2.24) is 10.2 Å². The Balaban J connectivity index is 1.45. The van der Waals surface area contributed by atoms with Gasteiger partial charge in [0.05, 0.1) is 12.6 Å². The molecule has 0 bridgehead atoms. The summed E-state index contributed by atoms with van der Waals surface area (Å²) in [7, 11) is 0. The summed E-state index contributed by atoms with van der Waals surface area (Å²) in [6.07, 6.45) is 3.70. The number of hydrogen-bond acceptors (Lipinski definition) is 3. The van der Waals surface area contributed by atoms with Crippen LogP contribution in [-0.4, -0.2) is 37.0 Å². The zero-order valence-electron chi connectivity index (χ0n) is 16.2. The molecule has 1 aliphatic rings. The average Bonchev–Trinajstić information content (AvgIpc) is 3.22. The predicted octanol–water partition coefficient (Wildman–Crippen LogP) is 4.11. The van der Waals surface area contributed by atoms with Crippen LogP contribution in [-0.2, 0) is 4.79 Å². The van der Waals surface area contributed by atoms with E-state index < -0.39 is 0 Å². The van der Waals surface area contributed by atoms with Crippen molar-refractivity contribution in [3.8, 4) is 5.75 Å². The van der Waals surface area contributed by atoms with Crippen molar-refractivity contribution < 1.29 is 9.53 Å². The van der Waals surface area contributed by atoms with Gasteiger partial charge in [0.1, 0.15) is 5.75 Å². The summed E-state index contributed by atoms with van der Waals surface area (Å²) >= 11 is 0. The van der Waals surface area contributed by atoms with Crippen LogP contribution in [0.5, 0.6) is 5.75 Å². The molecule has 1 fully saturated rings. The number of hydrogen-bond donors (Lipinski definition) is 1. The van der Waals surface area contributed by atoms with Crippen molar-refractivity contribution >= 4 is 5.91 Å². The van der Waals surface area contributed by atoms with Crippen LogP contribution in [0.2, 0.25) is 0 Å². The second-order valence-corrected chi connectivity index (χ2v) is 7.24. The Hall–Kier alpha value is -2.33. The molecule has 1 saturated heterocycles. The Bertz CT molecular complexity index is 694. The third kappa shape index (κ3) is 6.10. The highest BCUT2D eigenvalue weighted by Crippen LogP contribution is 2.25. The van der Waals surface area contributed by atoms with E-state index in [1.54, 1.807) is 0 Å². The molecular weight excluding hydrogens is 336 g/mol. The second-order valence-electron chi connectivity index (χ2n) is 7.24. The Morgan fingerprint density at radius 3 is 2.48 bits per heavy atom. The minimum Gasteiger partial charge on any atom is -0.494 e. The van der Waals surface area contributed by atoms with Crippen LogP contribution in [0.3, 0.4) is 0 Å². The summed E-state index contributed by atoms with van der Waals surface area (Å²) in [5, 5.41) is 3.14. The van der Waals surface area contributed by atoms with Crippen molar-refractivity contribution in [1.29, 1.82) is 0 Å². The fourth-order valence-electron chi connectivity index (χ4n) is 3.54. The standard InChI is InChI=1S/C23H30N2O2/c1-19-11-13-20(14-12-19)22(25-15-5-6-16-25)18-24-23(26)10-7-17-27-21-8-3-2-4-9-21/h2-4,8-9,11-14,22H,5-7,10,15-18H2,1H3,(H,24,26). The van der Waals surface area contributed by atoms with Crippen molar-refractivity contribution in [2.45, 2.75) is 38.6 Å². The van der Waals surface area contributed by atoms with Crippen LogP contribution in [0.4, 0.5) is 0 Å². The number of carbonyl (C=O) groups excluding carboxylic acids is 1. The minimum absolute atomic E-state index is 0.1000. The van der Waals surface area contributed by atoms with E-state index in [4.69, 9.17) is 4.74 Å². The number of amides is 1. The molecule has 0 spiro atoms. The number of likely N-dealkylation sites (tertiary alicyclic amines) is 1. The summed E-state index contributed by atoms with van der Waals surface area (Å²) in [4.78, 5) is 14.8. The van der Waals surface area contributed by atoms with Gasteiger partial charge in [0.15, 0.2) is 0 Å². The van der Waals surface area contributed by atoms with Gasteiger partial charge in [-0.25, -0.2) is 0 Å². The fraction of sp³-hybridized carbons (Fsp3) is 0.435. The largest absolute Gasteiger partial charge is 0.494 e. The summed E-state index contributed by atoms with van der Waals surface area (Å²) in [5.41, 5.74) is 2.55. The minimum atomic E-state index is 0.1000. The number of nitrogens with one attached hydrogen (secondary N) is 1. The van der Waals surface area contributed by atoms with E-state index in [2.05, 4.69) is 41.4 Å². The third-order valence-electron chi connectivity index (χ3n) is 5.10. The van der Waals surface area contributed by atoms with Crippen LogP contribution in [0.25, 0.3) is 0 Å². The Kier molecular flexibility index (Phi) is 7.28. The molecular formula is C23H30N2O2. The maximum absolute atomic E-state index is 12.3. The highest BCUT2D eigenvalue weighted by atomic mass is 16.5. The zero-order valence-corrected chi connectivity index (χ0v) is 16.2. The summed E-state index contributed by atoms with van der Waals surface area (Å²) in [5.74, 6) is 0.953. The van der Waals surface area contributed by atoms with Gasteiger partial charge >= 0.3 is 0 Å². The Labute approximate surface area is 162 Å². The van der Waals surface area contributed by atoms with Crippen molar-refractivity contribution in [3.05, 3.63) is 65.7 Å². The van der Waals surface area contributed by atoms with Gasteiger partial charge in [-0.05, 0) is 57.0 Å². The lowest BCUT2D eigenvalue weighted by Crippen LogP contribution is -2.36. The zero-order chi connectivity index (χ0) is 18.9. The van der Waals surface area contributed by atoms with Crippen molar-refractivity contribution in [2.24, 2.45) is 0 Å². The maximum Gasteiger partial charge on any atom is 0.220 e. The third-order valence-corrected chi connectivity index (χ3v) is 5.10. The lowest BCUT2D eigenvalue weighted by molar-refractivity contribution is -0.121. The number of benzene rings is 2. The molecule has 3 rings (SSSR count). The van der Waals surface area contributed by atoms with Crippen LogP contribution < -0.4 is 10.1 Å². The molecule has 0 aromatic heterocycles. The first-order valence-electron chi connectivity index (χ1n) is 9.97. The number of rotatable bonds is 9. The van der Waals surface area contributed by atoms with Crippen molar-refractivity contribution in [2.75, 3.05) is 26.2 Å². The number of aryl methyl sites for hydroxylation is 1. The predicted molar refractivity (Wildman–Crippen MR) is 109 cm³/mol. The van der Waals surface area contributed by atoms with E-state index in [0.29, 0.717) is 19.6 Å². The van der Waals surface area contributed by atoms with Crippen LogP contribution >= 0.6 is 0 Å². The topological polar surface area (TPSA) is 41.6 Å². The molecule has 1 N–H and O–H groups in total. The highest BCUT2D eigenvalue weighted by molar-refractivity contribution is 5.75. The summed E-state index contributed by atoms with van der Waals surface area (Å²) in [6.45, 7) is 5.55. The molecule has 144 valence electrons. The molecule has 1 unspecified atom stereocenters. The number of ether oxygens (including phenoxy) is 1. The molecule has 4 nitrogen and oxygen atoms in total. The van der Waals surface area contributed by atoms with Crippen LogP contribution in [0.15, 0.2) is 54.6 Å². The summed E-state index contributed by atoms with van der Waals surface area (Å²) < 4.78 is 5.66. The van der Waals surface area contributed by atoms with Crippen LogP contribution in [0, 0.1) is 6.92 Å². The maximum atomic E-state index is 12.3. The van der Waals surface area contributed by atoms with Crippen molar-refractivity contribution in [3.63, 3.8) is 0 Å². The molecule has 1 amide bonds. The monoisotopic (exact) mass is 366 g/mol. The van der Waals surface area contributed by atoms with Gasteiger partial charge in [-0.3, -0.25) is 9.69 Å². The lowest BCUT2D eigenvalue weighted by atomic mass is 10.0. The second kappa shape index (κ2) is 10.1. The van der Waals surface area contributed by atoms with E-state index in [1.165, 1.54) is 24.0 Å². The first-order valence-corrected chi connectivity index (χ1v) is 9.97. The SMILES string of the molecule is Cc1ccc(C(CNC(=O)CCCOc2ccccc2)N2CCCC2)cc1. The first-order chi connectivity index (χ1) is 13.2. The number of para-hydroxylation sites is 1. The summed E-state index contributed by atoms with van der Waals surface area (Å²) in [6, 6.07) is 18.7. The molecule has 27 heavy (non-hydrogen) atoms. The molecule has 2 aromatic rings. The fourth-order valence-corrected chi connectivity index (χ4v) is 3.54. The molecule has 0 radical (unpaired) electrons. The lowest BCUT2D eigenvalue weighted by Gasteiger charge is -2.28. The van der Waals surface area contributed by atoms with Gasteiger partial charge in [-0.15, -0.1) is 0 Å². The molecule has 1 aliphatic heterocycles. The first kappa shape index (κ1) is 19.4. The Morgan fingerprint density at radius 2 is 1.78 bits per heavy atom. The van der Waals surface area contributed by atoms with Gasteiger partial charge in [0.2, 0.25) is 5.91 Å². The Morgan fingerprint density at radius 1 is 1.07 bits per heavy atom. The molecule has 0 saturated carbocycles. The molecule has 0 aliphatic carbocycles. The van der Waals surface area contributed by atoms with Gasteiger partial charge < -0.3 is 10.1 Å². The van der Waals surface area contributed by atoms with Gasteiger partial charge in [-0.2, -0.15) is 0 Å². The molecule has 1 heterocycles. The smallest absolute Gasteiger partial charge is 0.220 e. The van der Waals surface area contributed by atoms with E-state index in [1.807, 2.05) is 30.3 Å². The molecule has 4 heteroatoms. The van der Waals surface area contributed by atoms with Gasteiger partial charge in [-0.1, -0.05) is 48.0 Å². The van der Waals surface area contributed by atoms with Gasteiger partial charge in [0.25, 0.3) is 0 Å². The van der Waals surface area contributed by atoms with E-state index in [9.17, 15) is 4.79 Å². The quantitative estimate of drug-likeness (QED) is 0.679. The number of nitrogens with zero attached hydrogens (tertiary/aromatic N) is 1. The highest BCUT2D eigenvalue weighted by Gasteiger charge is 2.23. The average molecular weight is 367 g/mol. The number of carbonyl (C=O) groups is 1. The molecule has 1 atom stereocenters.